The van der Waals surface area contributed by atoms with Crippen LogP contribution in [0.1, 0.15) is 5.56 Å². The van der Waals surface area contributed by atoms with Crippen LogP contribution in [0, 0.1) is 0 Å². The maximum absolute atomic E-state index is 11.9. The number of aryl methyl sites for hydroxylation is 1. The highest BCUT2D eigenvalue weighted by Gasteiger charge is 2.05. The van der Waals surface area contributed by atoms with Gasteiger partial charge in [-0.3, -0.25) is 4.68 Å². The molecule has 1 aromatic heterocycles. The van der Waals surface area contributed by atoms with Crippen molar-refractivity contribution in [3.63, 3.8) is 0 Å². The summed E-state index contributed by atoms with van der Waals surface area (Å²) in [5.41, 5.74) is 3.97. The van der Waals surface area contributed by atoms with Gasteiger partial charge in [0.15, 0.2) is 0 Å². The number of para-hydroxylation sites is 1. The largest absolute Gasteiger partial charge is 0.338 e. The summed E-state index contributed by atoms with van der Waals surface area (Å²) >= 11 is 6.02. The summed E-state index contributed by atoms with van der Waals surface area (Å²) in [5, 5.41) is 10.3. The van der Waals surface area contributed by atoms with Crippen molar-refractivity contribution < 1.29 is 4.79 Å². The van der Waals surface area contributed by atoms with E-state index in [-0.39, 0.29) is 6.03 Å². The smallest absolute Gasteiger partial charge is 0.319 e. The van der Waals surface area contributed by atoms with E-state index in [1.807, 2.05) is 31.6 Å². The van der Waals surface area contributed by atoms with Crippen molar-refractivity contribution in [2.45, 2.75) is 6.42 Å². The van der Waals surface area contributed by atoms with Crippen molar-refractivity contribution in [3.8, 4) is 11.1 Å². The Morgan fingerprint density at radius 3 is 2.56 bits per heavy atom. The molecule has 2 aromatic carbocycles. The molecule has 25 heavy (non-hydrogen) atoms. The molecule has 0 spiro atoms. The molecule has 6 heteroatoms. The Morgan fingerprint density at radius 1 is 1.12 bits per heavy atom. The molecule has 2 amide bonds. The fourth-order valence-corrected chi connectivity index (χ4v) is 2.67. The van der Waals surface area contributed by atoms with E-state index in [1.54, 1.807) is 16.8 Å². The molecule has 0 atom stereocenters. The minimum Gasteiger partial charge on any atom is -0.338 e. The van der Waals surface area contributed by atoms with E-state index in [0.717, 1.165) is 23.1 Å². The van der Waals surface area contributed by atoms with Crippen molar-refractivity contribution in [1.82, 2.24) is 15.1 Å². The van der Waals surface area contributed by atoms with Crippen LogP contribution in [0.2, 0.25) is 5.02 Å². The monoisotopic (exact) mass is 354 g/mol. The summed E-state index contributed by atoms with van der Waals surface area (Å²) in [4.78, 5) is 11.9. The number of benzene rings is 2. The molecule has 0 saturated carbocycles. The Hall–Kier alpha value is -2.79. The number of amides is 2. The van der Waals surface area contributed by atoms with Gasteiger partial charge in [-0.2, -0.15) is 5.10 Å². The molecule has 0 aliphatic carbocycles. The van der Waals surface area contributed by atoms with Gasteiger partial charge in [0.05, 0.1) is 16.9 Å². The number of hydrogen-bond donors (Lipinski definition) is 2. The molecule has 0 aliphatic heterocycles. The zero-order valence-electron chi connectivity index (χ0n) is 13.9. The Kier molecular flexibility index (Phi) is 5.36. The molecular weight excluding hydrogens is 336 g/mol. The van der Waals surface area contributed by atoms with Gasteiger partial charge in [-0.1, -0.05) is 48.0 Å². The number of hydrogen-bond acceptors (Lipinski definition) is 2. The van der Waals surface area contributed by atoms with Gasteiger partial charge in [0.25, 0.3) is 0 Å². The second kappa shape index (κ2) is 7.85. The summed E-state index contributed by atoms with van der Waals surface area (Å²) in [6.07, 6.45) is 4.58. The molecule has 0 bridgehead atoms. The Balaban J connectivity index is 1.49. The summed E-state index contributed by atoms with van der Waals surface area (Å²) < 4.78 is 1.78. The molecule has 5 nitrogen and oxygen atoms in total. The lowest BCUT2D eigenvalue weighted by Gasteiger charge is -2.09. The SMILES string of the molecule is Cn1cc(-c2ccc(CCNC(=O)Nc3ccccc3Cl)cc2)cn1. The van der Waals surface area contributed by atoms with Gasteiger partial charge in [0, 0.05) is 25.4 Å². The molecule has 128 valence electrons. The highest BCUT2D eigenvalue weighted by atomic mass is 35.5. The molecule has 0 fully saturated rings. The average Bonchev–Trinajstić information content (AvgIpc) is 3.04. The number of anilines is 1. The molecule has 0 saturated heterocycles. The van der Waals surface area contributed by atoms with Crippen LogP contribution in [0.5, 0.6) is 0 Å². The minimum atomic E-state index is -0.264. The van der Waals surface area contributed by atoms with Gasteiger partial charge < -0.3 is 10.6 Å². The van der Waals surface area contributed by atoms with Gasteiger partial charge in [0.2, 0.25) is 0 Å². The topological polar surface area (TPSA) is 59.0 Å². The van der Waals surface area contributed by atoms with Gasteiger partial charge in [-0.05, 0) is 29.7 Å². The van der Waals surface area contributed by atoms with Crippen LogP contribution in [0.3, 0.4) is 0 Å². The predicted molar refractivity (Wildman–Crippen MR) is 101 cm³/mol. The summed E-state index contributed by atoms with van der Waals surface area (Å²) in [6, 6.07) is 15.1. The lowest BCUT2D eigenvalue weighted by atomic mass is 10.1. The Labute approximate surface area is 151 Å². The maximum Gasteiger partial charge on any atom is 0.319 e. The lowest BCUT2D eigenvalue weighted by molar-refractivity contribution is 0.252. The fourth-order valence-electron chi connectivity index (χ4n) is 2.48. The number of carbonyl (C=O) groups excluding carboxylic acids is 1. The van der Waals surface area contributed by atoms with E-state index in [9.17, 15) is 4.79 Å². The van der Waals surface area contributed by atoms with Crippen molar-refractivity contribution >= 4 is 23.3 Å². The molecule has 0 aliphatic rings. The highest BCUT2D eigenvalue weighted by Crippen LogP contribution is 2.20. The van der Waals surface area contributed by atoms with Crippen molar-refractivity contribution in [2.24, 2.45) is 7.05 Å². The van der Waals surface area contributed by atoms with Crippen LogP contribution in [0.25, 0.3) is 11.1 Å². The highest BCUT2D eigenvalue weighted by molar-refractivity contribution is 6.33. The summed E-state index contributed by atoms with van der Waals surface area (Å²) in [6.45, 7) is 0.544. The third-order valence-corrected chi connectivity index (χ3v) is 4.14. The Morgan fingerprint density at radius 2 is 1.88 bits per heavy atom. The van der Waals surface area contributed by atoms with Crippen LogP contribution < -0.4 is 10.6 Å². The summed E-state index contributed by atoms with van der Waals surface area (Å²) in [5.74, 6) is 0. The third kappa shape index (κ3) is 4.61. The molecule has 1 heterocycles. The normalized spacial score (nSPS) is 10.5. The fraction of sp³-hybridized carbons (Fsp3) is 0.158. The first-order valence-corrected chi connectivity index (χ1v) is 8.37. The molecule has 0 unspecified atom stereocenters. The number of nitrogens with zero attached hydrogens (tertiary/aromatic N) is 2. The predicted octanol–water partition coefficient (Wildman–Crippen LogP) is 4.10. The first-order chi connectivity index (χ1) is 12.1. The zero-order chi connectivity index (χ0) is 17.6. The van der Waals surface area contributed by atoms with Crippen molar-refractivity contribution in [3.05, 3.63) is 71.5 Å². The number of carbonyl (C=O) groups is 1. The zero-order valence-corrected chi connectivity index (χ0v) is 14.6. The molecule has 3 rings (SSSR count). The lowest BCUT2D eigenvalue weighted by Crippen LogP contribution is -2.30. The van der Waals surface area contributed by atoms with Crippen LogP contribution >= 0.6 is 11.6 Å². The quantitative estimate of drug-likeness (QED) is 0.724. The van der Waals surface area contributed by atoms with Crippen molar-refractivity contribution in [2.75, 3.05) is 11.9 Å². The van der Waals surface area contributed by atoms with Gasteiger partial charge in [-0.25, -0.2) is 4.79 Å². The number of nitrogens with one attached hydrogen (secondary N) is 2. The second-order valence-corrected chi connectivity index (χ2v) is 6.12. The minimum absolute atomic E-state index is 0.264. The van der Waals surface area contributed by atoms with Crippen molar-refractivity contribution in [1.29, 1.82) is 0 Å². The van der Waals surface area contributed by atoms with Gasteiger partial charge in [0.1, 0.15) is 0 Å². The van der Waals surface area contributed by atoms with Gasteiger partial charge in [-0.15, -0.1) is 0 Å². The van der Waals surface area contributed by atoms with Crippen LogP contribution in [-0.2, 0) is 13.5 Å². The van der Waals surface area contributed by atoms with E-state index in [2.05, 4.69) is 40.0 Å². The van der Waals surface area contributed by atoms with Crippen LogP contribution in [0.15, 0.2) is 60.9 Å². The number of urea groups is 1. The van der Waals surface area contributed by atoms with Gasteiger partial charge >= 0.3 is 6.03 Å². The first-order valence-electron chi connectivity index (χ1n) is 7.99. The number of aromatic nitrogens is 2. The van der Waals surface area contributed by atoms with Crippen LogP contribution in [0.4, 0.5) is 10.5 Å². The standard InChI is InChI=1S/C19H19ClN4O/c1-24-13-16(12-22-24)15-8-6-14(7-9-15)10-11-21-19(25)23-18-5-3-2-4-17(18)20/h2-9,12-13H,10-11H2,1H3,(H2,21,23,25). The second-order valence-electron chi connectivity index (χ2n) is 5.71. The Bertz CT molecular complexity index is 858. The average molecular weight is 355 g/mol. The maximum atomic E-state index is 11.9. The third-order valence-electron chi connectivity index (χ3n) is 3.81. The molecular formula is C19H19ClN4O. The van der Waals surface area contributed by atoms with E-state index < -0.39 is 0 Å². The number of rotatable bonds is 5. The summed E-state index contributed by atoms with van der Waals surface area (Å²) in [7, 11) is 1.90. The van der Waals surface area contributed by atoms with Crippen LogP contribution in [-0.4, -0.2) is 22.4 Å². The van der Waals surface area contributed by atoms with E-state index in [0.29, 0.717) is 17.3 Å². The molecule has 3 aromatic rings. The van der Waals surface area contributed by atoms with E-state index in [4.69, 9.17) is 11.6 Å². The van der Waals surface area contributed by atoms with E-state index in [1.165, 1.54) is 0 Å². The number of halogens is 1. The molecule has 0 radical (unpaired) electrons. The first kappa shape index (κ1) is 17.0. The molecule has 2 N–H and O–H groups in total. The van der Waals surface area contributed by atoms with E-state index >= 15 is 0 Å².